The summed E-state index contributed by atoms with van der Waals surface area (Å²) in [6.45, 7) is 0.415. The van der Waals surface area contributed by atoms with E-state index in [1.54, 1.807) is 6.07 Å². The summed E-state index contributed by atoms with van der Waals surface area (Å²) in [7, 11) is 0. The van der Waals surface area contributed by atoms with Crippen molar-refractivity contribution in [1.82, 2.24) is 15.5 Å². The van der Waals surface area contributed by atoms with Gasteiger partial charge in [0.2, 0.25) is 5.91 Å². The topological polar surface area (TPSA) is 88.0 Å². The molecular formula is C23H19N3O3. The molecule has 0 spiro atoms. The number of pyridine rings is 1. The first-order chi connectivity index (χ1) is 14.2. The molecule has 0 atom stereocenters. The number of para-hydroxylation sites is 1. The highest BCUT2D eigenvalue weighted by atomic mass is 16.5. The average Bonchev–Trinajstić information content (AvgIpc) is 3.22. The minimum atomic E-state index is -0.274. The predicted octanol–water partition coefficient (Wildman–Crippen LogP) is 3.56. The largest absolute Gasteiger partial charge is 0.356 e. The van der Waals surface area contributed by atoms with Crippen LogP contribution in [0.25, 0.3) is 28.3 Å². The van der Waals surface area contributed by atoms with Gasteiger partial charge in [-0.2, -0.15) is 0 Å². The van der Waals surface area contributed by atoms with Crippen molar-refractivity contribution in [1.29, 1.82) is 0 Å². The van der Waals surface area contributed by atoms with Gasteiger partial charge in [0.15, 0.2) is 5.76 Å². The molecule has 4 aromatic rings. The van der Waals surface area contributed by atoms with Crippen molar-refractivity contribution in [3.05, 3.63) is 94.4 Å². The summed E-state index contributed by atoms with van der Waals surface area (Å²) in [6, 6.07) is 20.8. The van der Waals surface area contributed by atoms with Crippen molar-refractivity contribution in [2.24, 2.45) is 0 Å². The smallest absolute Gasteiger partial charge is 0.255 e. The molecule has 4 rings (SSSR count). The first-order valence-corrected chi connectivity index (χ1v) is 9.28. The van der Waals surface area contributed by atoms with Crippen LogP contribution in [0.1, 0.15) is 11.3 Å². The third-order valence-electron chi connectivity index (χ3n) is 4.49. The summed E-state index contributed by atoms with van der Waals surface area (Å²) < 4.78 is 5.35. The van der Waals surface area contributed by atoms with Crippen LogP contribution in [0.3, 0.4) is 0 Å². The molecule has 1 amide bonds. The molecule has 0 fully saturated rings. The fourth-order valence-corrected chi connectivity index (χ4v) is 2.99. The second-order valence-electron chi connectivity index (χ2n) is 6.56. The third kappa shape index (κ3) is 4.50. The van der Waals surface area contributed by atoms with E-state index in [1.807, 2.05) is 60.7 Å². The standard InChI is InChI=1S/C23H19N3O3/c27-22(11-10-18-14-17-8-4-5-9-20(17)25-23(18)28)24-13-12-19-15-21(29-26-19)16-6-2-1-3-7-16/h1-11,14-15H,12-13H2,(H,24,27)(H,25,28)/b11-10+. The zero-order chi connectivity index (χ0) is 20.1. The Morgan fingerprint density at radius 1 is 1.07 bits per heavy atom. The Hall–Kier alpha value is -3.93. The van der Waals surface area contributed by atoms with Crippen LogP contribution in [-0.4, -0.2) is 22.6 Å². The summed E-state index contributed by atoms with van der Waals surface area (Å²) in [5, 5.41) is 7.73. The van der Waals surface area contributed by atoms with Crippen molar-refractivity contribution < 1.29 is 9.32 Å². The second kappa shape index (κ2) is 8.39. The Morgan fingerprint density at radius 3 is 2.72 bits per heavy atom. The van der Waals surface area contributed by atoms with Gasteiger partial charge in [0.25, 0.3) is 5.56 Å². The van der Waals surface area contributed by atoms with Crippen molar-refractivity contribution in [3.8, 4) is 11.3 Å². The molecule has 6 nitrogen and oxygen atoms in total. The van der Waals surface area contributed by atoms with Crippen LogP contribution in [0.5, 0.6) is 0 Å². The summed E-state index contributed by atoms with van der Waals surface area (Å²) in [6.07, 6.45) is 3.42. The second-order valence-corrected chi connectivity index (χ2v) is 6.56. The van der Waals surface area contributed by atoms with Crippen LogP contribution in [0.2, 0.25) is 0 Å². The lowest BCUT2D eigenvalue weighted by Gasteiger charge is -2.00. The van der Waals surface area contributed by atoms with Gasteiger partial charge in [-0.05, 0) is 23.6 Å². The van der Waals surface area contributed by atoms with Crippen molar-refractivity contribution in [3.63, 3.8) is 0 Å². The van der Waals surface area contributed by atoms with Gasteiger partial charge in [-0.3, -0.25) is 9.59 Å². The lowest BCUT2D eigenvalue weighted by Crippen LogP contribution is -2.23. The van der Waals surface area contributed by atoms with E-state index in [-0.39, 0.29) is 11.5 Å². The van der Waals surface area contributed by atoms with Crippen molar-refractivity contribution in [2.45, 2.75) is 6.42 Å². The minimum absolute atomic E-state index is 0.233. The van der Waals surface area contributed by atoms with Crippen LogP contribution in [0.4, 0.5) is 0 Å². The number of carbonyl (C=O) groups is 1. The molecule has 0 aliphatic heterocycles. The first kappa shape index (κ1) is 18.4. The number of nitrogens with zero attached hydrogens (tertiary/aromatic N) is 1. The average molecular weight is 385 g/mol. The fraction of sp³-hybridized carbons (Fsp3) is 0.0870. The van der Waals surface area contributed by atoms with Crippen molar-refractivity contribution in [2.75, 3.05) is 6.54 Å². The number of aromatic amines is 1. The van der Waals surface area contributed by atoms with Gasteiger partial charge in [0.1, 0.15) is 0 Å². The van der Waals surface area contributed by atoms with E-state index in [0.29, 0.717) is 24.3 Å². The van der Waals surface area contributed by atoms with Gasteiger partial charge in [0.05, 0.1) is 5.69 Å². The molecule has 6 heteroatoms. The van der Waals surface area contributed by atoms with Gasteiger partial charge in [-0.15, -0.1) is 0 Å². The number of rotatable bonds is 6. The molecule has 144 valence electrons. The highest BCUT2D eigenvalue weighted by Crippen LogP contribution is 2.19. The normalized spacial score (nSPS) is 11.2. The van der Waals surface area contributed by atoms with Crippen LogP contribution in [0, 0.1) is 0 Å². The SMILES string of the molecule is O=C(/C=C/c1cc2ccccc2[nH]c1=O)NCCc1cc(-c2ccccc2)on1. The summed E-state index contributed by atoms with van der Waals surface area (Å²) in [4.78, 5) is 27.0. The number of carbonyl (C=O) groups excluding carboxylic acids is 1. The van der Waals surface area contributed by atoms with Gasteiger partial charge < -0.3 is 14.8 Å². The molecule has 0 unspecified atom stereocenters. The van der Waals surface area contributed by atoms with Crippen LogP contribution >= 0.6 is 0 Å². The summed E-state index contributed by atoms with van der Waals surface area (Å²) in [5.74, 6) is 0.423. The van der Waals surface area contributed by atoms with E-state index in [1.165, 1.54) is 12.2 Å². The molecule has 2 aromatic heterocycles. The van der Waals surface area contributed by atoms with Gasteiger partial charge >= 0.3 is 0 Å². The number of aromatic nitrogens is 2. The van der Waals surface area contributed by atoms with E-state index >= 15 is 0 Å². The number of H-pyrrole nitrogens is 1. The van der Waals surface area contributed by atoms with Crippen molar-refractivity contribution >= 4 is 22.9 Å². The quantitative estimate of drug-likeness (QED) is 0.497. The maximum Gasteiger partial charge on any atom is 0.255 e. The summed E-state index contributed by atoms with van der Waals surface area (Å²) >= 11 is 0. The maximum atomic E-state index is 12.1. The molecule has 0 saturated heterocycles. The lowest BCUT2D eigenvalue weighted by atomic mass is 10.1. The Balaban J connectivity index is 1.33. The molecule has 2 N–H and O–H groups in total. The number of hydrogen-bond donors (Lipinski definition) is 2. The van der Waals surface area contributed by atoms with E-state index in [0.717, 1.165) is 22.2 Å². The van der Waals surface area contributed by atoms with Crippen LogP contribution in [-0.2, 0) is 11.2 Å². The van der Waals surface area contributed by atoms with Gasteiger partial charge in [-0.25, -0.2) is 0 Å². The predicted molar refractivity (Wildman–Crippen MR) is 112 cm³/mol. The Kier molecular flexibility index (Phi) is 5.33. The molecule has 0 radical (unpaired) electrons. The summed E-state index contributed by atoms with van der Waals surface area (Å²) in [5.41, 5.74) is 2.69. The van der Waals surface area contributed by atoms with E-state index < -0.39 is 0 Å². The Morgan fingerprint density at radius 2 is 1.86 bits per heavy atom. The van der Waals surface area contributed by atoms with E-state index in [4.69, 9.17) is 4.52 Å². The number of nitrogens with one attached hydrogen (secondary N) is 2. The maximum absolute atomic E-state index is 12.1. The number of hydrogen-bond acceptors (Lipinski definition) is 4. The van der Waals surface area contributed by atoms with Crippen LogP contribution in [0.15, 0.2) is 82.1 Å². The minimum Gasteiger partial charge on any atom is -0.356 e. The molecule has 0 aliphatic carbocycles. The lowest BCUT2D eigenvalue weighted by molar-refractivity contribution is -0.116. The van der Waals surface area contributed by atoms with Gasteiger partial charge in [0, 0.05) is 41.8 Å². The molecule has 0 bridgehead atoms. The highest BCUT2D eigenvalue weighted by molar-refractivity contribution is 5.92. The third-order valence-corrected chi connectivity index (χ3v) is 4.49. The molecule has 2 aromatic carbocycles. The fourth-order valence-electron chi connectivity index (χ4n) is 2.99. The molecule has 2 heterocycles. The van der Waals surface area contributed by atoms with Gasteiger partial charge in [-0.1, -0.05) is 53.7 Å². The molecule has 0 saturated carbocycles. The number of benzene rings is 2. The zero-order valence-corrected chi connectivity index (χ0v) is 15.6. The van der Waals surface area contributed by atoms with E-state index in [9.17, 15) is 9.59 Å². The Labute approximate surface area is 166 Å². The van der Waals surface area contributed by atoms with Crippen LogP contribution < -0.4 is 10.9 Å². The molecular weight excluding hydrogens is 366 g/mol. The Bertz CT molecular complexity index is 1220. The molecule has 0 aliphatic rings. The highest BCUT2D eigenvalue weighted by Gasteiger charge is 2.07. The van der Waals surface area contributed by atoms with E-state index in [2.05, 4.69) is 15.5 Å². The molecule has 29 heavy (non-hydrogen) atoms. The number of amides is 1. The number of fused-ring (bicyclic) bond motifs is 1. The first-order valence-electron chi connectivity index (χ1n) is 9.28. The monoisotopic (exact) mass is 385 g/mol. The zero-order valence-electron chi connectivity index (χ0n) is 15.6.